The van der Waals surface area contributed by atoms with Crippen LogP contribution in [0.4, 0.5) is 5.69 Å². The van der Waals surface area contributed by atoms with Gasteiger partial charge in [-0.1, -0.05) is 13.8 Å². The molecule has 1 heterocycles. The molecule has 1 aromatic rings. The van der Waals surface area contributed by atoms with Crippen molar-refractivity contribution >= 4 is 5.69 Å². The van der Waals surface area contributed by atoms with Crippen LogP contribution in [0.5, 0.6) is 0 Å². The van der Waals surface area contributed by atoms with Crippen LogP contribution in [0.25, 0.3) is 0 Å². The van der Waals surface area contributed by atoms with Gasteiger partial charge in [-0.05, 0) is 30.9 Å². The molecule has 1 aromatic heterocycles. The van der Waals surface area contributed by atoms with Gasteiger partial charge in [0, 0.05) is 13.2 Å². The van der Waals surface area contributed by atoms with Gasteiger partial charge < -0.3 is 5.43 Å². The Morgan fingerprint density at radius 3 is 2.43 bits per heavy atom. The van der Waals surface area contributed by atoms with Crippen LogP contribution in [0.3, 0.4) is 0 Å². The van der Waals surface area contributed by atoms with E-state index in [-0.39, 0.29) is 0 Å². The third-order valence-electron chi connectivity index (χ3n) is 2.44. The molecule has 2 N–H and O–H groups in total. The maximum Gasteiger partial charge on any atom is 0.0733 e. The molecule has 14 heavy (non-hydrogen) atoms. The molecule has 0 amide bonds. The molecule has 0 saturated heterocycles. The van der Waals surface area contributed by atoms with E-state index in [4.69, 9.17) is 0 Å². The molecule has 0 fully saturated rings. The fourth-order valence-electron chi connectivity index (χ4n) is 1.63. The van der Waals surface area contributed by atoms with E-state index in [1.54, 1.807) is 0 Å². The van der Waals surface area contributed by atoms with Crippen molar-refractivity contribution in [1.82, 2.24) is 10.4 Å². The van der Waals surface area contributed by atoms with E-state index in [0.717, 1.165) is 11.4 Å². The predicted molar refractivity (Wildman–Crippen MR) is 60.5 cm³/mol. The van der Waals surface area contributed by atoms with Gasteiger partial charge in [0.25, 0.3) is 0 Å². The summed E-state index contributed by atoms with van der Waals surface area (Å²) in [7, 11) is 1.86. The second-order valence-corrected chi connectivity index (χ2v) is 3.83. The van der Waals surface area contributed by atoms with E-state index < -0.39 is 0 Å². The van der Waals surface area contributed by atoms with Crippen LogP contribution >= 0.6 is 0 Å². The number of rotatable bonds is 3. The summed E-state index contributed by atoms with van der Waals surface area (Å²) in [5, 5.41) is 0. The number of nitrogens with zero attached hydrogens (tertiary/aromatic N) is 1. The van der Waals surface area contributed by atoms with Gasteiger partial charge in [-0.15, -0.1) is 0 Å². The lowest BCUT2D eigenvalue weighted by atomic mass is 9.98. The largest absolute Gasteiger partial charge is 0.320 e. The Balaban J connectivity index is 3.19. The van der Waals surface area contributed by atoms with Gasteiger partial charge in [0.1, 0.15) is 0 Å². The fraction of sp³-hybridized carbons (Fsp3) is 0.545. The SMILES string of the molecule is CNNc1c(C)ncc(C(C)C)c1C. The van der Waals surface area contributed by atoms with Crippen molar-refractivity contribution in [3.63, 3.8) is 0 Å². The Labute approximate surface area is 85.9 Å². The molecule has 0 aliphatic carbocycles. The van der Waals surface area contributed by atoms with E-state index in [2.05, 4.69) is 36.6 Å². The van der Waals surface area contributed by atoms with Gasteiger partial charge >= 0.3 is 0 Å². The molecular weight excluding hydrogens is 174 g/mol. The minimum Gasteiger partial charge on any atom is -0.320 e. The zero-order chi connectivity index (χ0) is 10.7. The molecule has 78 valence electrons. The van der Waals surface area contributed by atoms with Crippen molar-refractivity contribution < 1.29 is 0 Å². The Hall–Kier alpha value is -1.09. The average Bonchev–Trinajstić information content (AvgIpc) is 2.11. The second-order valence-electron chi connectivity index (χ2n) is 3.83. The third-order valence-corrected chi connectivity index (χ3v) is 2.44. The maximum atomic E-state index is 4.38. The Kier molecular flexibility index (Phi) is 3.47. The molecule has 0 bridgehead atoms. The van der Waals surface area contributed by atoms with Gasteiger partial charge in [-0.3, -0.25) is 4.98 Å². The molecule has 1 rings (SSSR count). The highest BCUT2D eigenvalue weighted by Crippen LogP contribution is 2.25. The first-order valence-corrected chi connectivity index (χ1v) is 4.96. The number of hydrogen-bond acceptors (Lipinski definition) is 3. The molecule has 3 heteroatoms. The quantitative estimate of drug-likeness (QED) is 0.724. The third kappa shape index (κ3) is 2.04. The standard InChI is InChI=1S/C11H19N3/c1-7(2)10-6-13-9(4)11(8(10)3)14-12-5/h6-7,12,14H,1-5H3. The Morgan fingerprint density at radius 1 is 1.29 bits per heavy atom. The lowest BCUT2D eigenvalue weighted by molar-refractivity contribution is 0.840. The highest BCUT2D eigenvalue weighted by atomic mass is 15.3. The normalized spacial score (nSPS) is 10.7. The van der Waals surface area contributed by atoms with E-state index in [9.17, 15) is 0 Å². The first kappa shape index (κ1) is 11.0. The second kappa shape index (κ2) is 4.42. The molecule has 0 spiro atoms. The van der Waals surface area contributed by atoms with Crippen molar-refractivity contribution in [1.29, 1.82) is 0 Å². The van der Waals surface area contributed by atoms with E-state index in [1.807, 2.05) is 20.2 Å². The van der Waals surface area contributed by atoms with Gasteiger partial charge in [0.2, 0.25) is 0 Å². The molecule has 0 aromatic carbocycles. The van der Waals surface area contributed by atoms with Gasteiger partial charge in [-0.2, -0.15) is 0 Å². The first-order valence-electron chi connectivity index (χ1n) is 4.96. The van der Waals surface area contributed by atoms with Crippen LogP contribution in [0.2, 0.25) is 0 Å². The van der Waals surface area contributed by atoms with Crippen LogP contribution in [-0.4, -0.2) is 12.0 Å². The summed E-state index contributed by atoms with van der Waals surface area (Å²) < 4.78 is 0. The van der Waals surface area contributed by atoms with Crippen molar-refractivity contribution in [2.75, 3.05) is 12.5 Å². The predicted octanol–water partition coefficient (Wildman–Crippen LogP) is 2.37. The summed E-state index contributed by atoms with van der Waals surface area (Å²) >= 11 is 0. The molecule has 0 aliphatic heterocycles. The molecule has 0 unspecified atom stereocenters. The topological polar surface area (TPSA) is 37.0 Å². The van der Waals surface area contributed by atoms with Crippen molar-refractivity contribution in [2.24, 2.45) is 0 Å². The molecular formula is C11H19N3. The van der Waals surface area contributed by atoms with Gasteiger partial charge in [0.05, 0.1) is 11.4 Å². The monoisotopic (exact) mass is 193 g/mol. The van der Waals surface area contributed by atoms with Gasteiger partial charge in [0.15, 0.2) is 0 Å². The highest BCUT2D eigenvalue weighted by Gasteiger charge is 2.10. The maximum absolute atomic E-state index is 4.38. The number of pyridine rings is 1. The molecule has 0 saturated carbocycles. The van der Waals surface area contributed by atoms with Crippen LogP contribution in [-0.2, 0) is 0 Å². The number of hydrogen-bond donors (Lipinski definition) is 2. The van der Waals surface area contributed by atoms with Crippen LogP contribution in [0.1, 0.15) is 36.6 Å². The summed E-state index contributed by atoms with van der Waals surface area (Å²) in [6, 6.07) is 0. The number of aryl methyl sites for hydroxylation is 1. The van der Waals surface area contributed by atoms with E-state index >= 15 is 0 Å². The summed E-state index contributed by atoms with van der Waals surface area (Å²) in [6.07, 6.45) is 1.97. The smallest absolute Gasteiger partial charge is 0.0733 e. The molecule has 0 radical (unpaired) electrons. The fourth-order valence-corrected chi connectivity index (χ4v) is 1.63. The van der Waals surface area contributed by atoms with Crippen molar-refractivity contribution in [3.05, 3.63) is 23.0 Å². The summed E-state index contributed by atoms with van der Waals surface area (Å²) in [6.45, 7) is 8.51. The highest BCUT2D eigenvalue weighted by molar-refractivity contribution is 5.56. The number of nitrogens with one attached hydrogen (secondary N) is 2. The molecule has 0 atom stereocenters. The van der Waals surface area contributed by atoms with Crippen molar-refractivity contribution in [2.45, 2.75) is 33.6 Å². The minimum absolute atomic E-state index is 0.514. The van der Waals surface area contributed by atoms with E-state index in [0.29, 0.717) is 5.92 Å². The number of anilines is 1. The lowest BCUT2D eigenvalue weighted by Gasteiger charge is -2.16. The summed E-state index contributed by atoms with van der Waals surface area (Å²) in [5.41, 5.74) is 10.8. The van der Waals surface area contributed by atoms with Crippen LogP contribution in [0.15, 0.2) is 6.20 Å². The first-order chi connectivity index (χ1) is 6.57. The summed E-state index contributed by atoms with van der Waals surface area (Å²) in [4.78, 5) is 4.38. The van der Waals surface area contributed by atoms with Crippen molar-refractivity contribution in [3.8, 4) is 0 Å². The van der Waals surface area contributed by atoms with Gasteiger partial charge in [-0.25, -0.2) is 5.43 Å². The average molecular weight is 193 g/mol. The Bertz CT molecular complexity index is 319. The Morgan fingerprint density at radius 2 is 1.93 bits per heavy atom. The zero-order valence-electron chi connectivity index (χ0n) is 9.60. The molecule has 3 nitrogen and oxygen atoms in total. The van der Waals surface area contributed by atoms with Crippen LogP contribution in [0, 0.1) is 13.8 Å². The summed E-state index contributed by atoms with van der Waals surface area (Å²) in [5.74, 6) is 0.514. The number of hydrazine groups is 1. The lowest BCUT2D eigenvalue weighted by Crippen LogP contribution is -2.18. The van der Waals surface area contributed by atoms with E-state index in [1.165, 1.54) is 11.1 Å². The minimum atomic E-state index is 0.514. The zero-order valence-corrected chi connectivity index (χ0v) is 9.60. The number of aromatic nitrogens is 1. The molecule has 0 aliphatic rings. The van der Waals surface area contributed by atoms with Crippen LogP contribution < -0.4 is 10.9 Å².